The minimum atomic E-state index is 0.0458. The van der Waals surface area contributed by atoms with Gasteiger partial charge in [-0.25, -0.2) is 0 Å². The molecule has 0 saturated carbocycles. The van der Waals surface area contributed by atoms with Gasteiger partial charge in [0.25, 0.3) is 0 Å². The maximum atomic E-state index is 13.1. The molecule has 0 spiro atoms. The minimum absolute atomic E-state index is 0.0458. The number of ether oxygens (including phenoxy) is 4. The Morgan fingerprint density at radius 3 is 2.47 bits per heavy atom. The Balaban J connectivity index is 1.74. The van der Waals surface area contributed by atoms with Crippen molar-refractivity contribution in [3.8, 4) is 17.2 Å². The lowest BCUT2D eigenvalue weighted by atomic mass is 10.1. The monoisotopic (exact) mass is 436 g/mol. The summed E-state index contributed by atoms with van der Waals surface area (Å²) in [6.07, 6.45) is 4.49. The first-order valence-corrected chi connectivity index (χ1v) is 11.5. The van der Waals surface area contributed by atoms with Gasteiger partial charge in [0, 0.05) is 38.0 Å². The summed E-state index contributed by atoms with van der Waals surface area (Å²) in [6.45, 7) is 5.11. The number of morpholine rings is 1. The second kappa shape index (κ2) is 11.5. The van der Waals surface area contributed by atoms with Gasteiger partial charge in [-0.3, -0.25) is 9.69 Å². The van der Waals surface area contributed by atoms with E-state index in [2.05, 4.69) is 4.90 Å². The van der Waals surface area contributed by atoms with Gasteiger partial charge >= 0.3 is 0 Å². The highest BCUT2D eigenvalue weighted by atomic mass is 32.2. The number of nitrogens with zero attached hydrogens (tertiary/aromatic N) is 2. The van der Waals surface area contributed by atoms with Crippen molar-refractivity contribution in [2.75, 3.05) is 72.2 Å². The van der Waals surface area contributed by atoms with E-state index in [0.717, 1.165) is 62.9 Å². The molecule has 2 saturated heterocycles. The molecule has 1 aromatic rings. The first-order valence-electron chi connectivity index (χ1n) is 10.3. The zero-order valence-electron chi connectivity index (χ0n) is 18.1. The van der Waals surface area contributed by atoms with Crippen molar-refractivity contribution in [1.82, 2.24) is 9.80 Å². The van der Waals surface area contributed by atoms with E-state index in [0.29, 0.717) is 17.2 Å². The van der Waals surface area contributed by atoms with Gasteiger partial charge in [-0.15, -0.1) is 0 Å². The highest BCUT2D eigenvalue weighted by Crippen LogP contribution is 2.38. The van der Waals surface area contributed by atoms with Crippen molar-refractivity contribution in [1.29, 1.82) is 0 Å². The van der Waals surface area contributed by atoms with Crippen LogP contribution in [-0.2, 0) is 9.53 Å². The molecule has 0 bridgehead atoms. The number of methoxy groups -OCH3 is 3. The Bertz CT molecular complexity index is 711. The number of amides is 1. The predicted octanol–water partition coefficient (Wildman–Crippen LogP) is 2.39. The molecule has 0 N–H and O–H groups in total. The molecular formula is C22H32N2O5S. The third kappa shape index (κ3) is 5.83. The molecule has 30 heavy (non-hydrogen) atoms. The predicted molar refractivity (Wildman–Crippen MR) is 120 cm³/mol. The summed E-state index contributed by atoms with van der Waals surface area (Å²) in [6, 6.07) is 3.90. The van der Waals surface area contributed by atoms with Crippen LogP contribution >= 0.6 is 11.8 Å². The molecule has 8 heteroatoms. The van der Waals surface area contributed by atoms with E-state index in [4.69, 9.17) is 18.9 Å². The number of rotatable bonds is 7. The first kappa shape index (κ1) is 22.8. The highest BCUT2D eigenvalue weighted by molar-refractivity contribution is 7.99. The zero-order valence-corrected chi connectivity index (χ0v) is 18.9. The molecule has 1 unspecified atom stereocenters. The normalized spacial score (nSPS) is 20.8. The lowest BCUT2D eigenvalue weighted by Gasteiger charge is -2.35. The average Bonchev–Trinajstić information content (AvgIpc) is 3.02. The van der Waals surface area contributed by atoms with Crippen molar-refractivity contribution in [2.45, 2.75) is 12.5 Å². The van der Waals surface area contributed by atoms with Crippen LogP contribution in [0.15, 0.2) is 18.2 Å². The summed E-state index contributed by atoms with van der Waals surface area (Å²) in [4.78, 5) is 17.5. The molecular weight excluding hydrogens is 404 g/mol. The Morgan fingerprint density at radius 2 is 1.83 bits per heavy atom. The molecule has 0 aromatic heterocycles. The zero-order chi connectivity index (χ0) is 21.3. The smallest absolute Gasteiger partial charge is 0.246 e. The van der Waals surface area contributed by atoms with Gasteiger partial charge in [0.15, 0.2) is 11.5 Å². The van der Waals surface area contributed by atoms with Crippen LogP contribution < -0.4 is 14.2 Å². The van der Waals surface area contributed by atoms with Crippen LogP contribution in [0.4, 0.5) is 0 Å². The quantitative estimate of drug-likeness (QED) is 0.608. The molecule has 2 fully saturated rings. The molecule has 3 rings (SSSR count). The van der Waals surface area contributed by atoms with E-state index < -0.39 is 0 Å². The van der Waals surface area contributed by atoms with Gasteiger partial charge in [0.1, 0.15) is 0 Å². The molecule has 1 aromatic carbocycles. The van der Waals surface area contributed by atoms with E-state index in [9.17, 15) is 4.79 Å². The van der Waals surface area contributed by atoms with E-state index in [1.807, 2.05) is 34.9 Å². The first-order chi connectivity index (χ1) is 14.7. The second-order valence-electron chi connectivity index (χ2n) is 7.32. The van der Waals surface area contributed by atoms with Crippen molar-refractivity contribution in [2.24, 2.45) is 0 Å². The van der Waals surface area contributed by atoms with E-state index in [1.54, 1.807) is 27.4 Å². The minimum Gasteiger partial charge on any atom is -0.493 e. The average molecular weight is 437 g/mol. The second-order valence-corrected chi connectivity index (χ2v) is 8.47. The van der Waals surface area contributed by atoms with Crippen molar-refractivity contribution < 1.29 is 23.7 Å². The van der Waals surface area contributed by atoms with Gasteiger partial charge < -0.3 is 23.8 Å². The largest absolute Gasteiger partial charge is 0.493 e. The summed E-state index contributed by atoms with van der Waals surface area (Å²) in [5, 5.41) is 0. The number of thioether (sulfide) groups is 1. The van der Waals surface area contributed by atoms with Crippen LogP contribution in [0, 0.1) is 0 Å². The molecule has 2 aliphatic rings. The maximum Gasteiger partial charge on any atom is 0.246 e. The summed E-state index contributed by atoms with van der Waals surface area (Å²) < 4.78 is 21.6. The van der Waals surface area contributed by atoms with E-state index in [1.165, 1.54) is 0 Å². The lowest BCUT2D eigenvalue weighted by Crippen LogP contribution is -2.50. The van der Waals surface area contributed by atoms with E-state index >= 15 is 0 Å². The summed E-state index contributed by atoms with van der Waals surface area (Å²) in [5.74, 6) is 3.80. The van der Waals surface area contributed by atoms with Crippen LogP contribution in [0.2, 0.25) is 0 Å². The molecule has 166 valence electrons. The van der Waals surface area contributed by atoms with Crippen molar-refractivity contribution in [3.63, 3.8) is 0 Å². The van der Waals surface area contributed by atoms with Crippen LogP contribution in [0.5, 0.6) is 17.2 Å². The lowest BCUT2D eigenvalue weighted by molar-refractivity contribution is -0.128. The molecule has 2 aliphatic heterocycles. The number of carbonyl (C=O) groups excluding carboxylic acids is 1. The Morgan fingerprint density at radius 1 is 1.13 bits per heavy atom. The van der Waals surface area contributed by atoms with Gasteiger partial charge in [-0.1, -0.05) is 0 Å². The molecule has 7 nitrogen and oxygen atoms in total. The van der Waals surface area contributed by atoms with E-state index in [-0.39, 0.29) is 11.9 Å². The highest BCUT2D eigenvalue weighted by Gasteiger charge is 2.27. The molecule has 1 atom stereocenters. The Labute approximate surface area is 183 Å². The summed E-state index contributed by atoms with van der Waals surface area (Å²) in [7, 11) is 4.74. The van der Waals surface area contributed by atoms with Crippen molar-refractivity contribution >= 4 is 23.7 Å². The molecule has 0 aliphatic carbocycles. The van der Waals surface area contributed by atoms with Crippen molar-refractivity contribution in [3.05, 3.63) is 23.8 Å². The molecule has 2 heterocycles. The number of benzene rings is 1. The standard InChI is InChI=1S/C22H32N2O5S/c1-26-19-13-17(14-20(27-2)22(19)28-3)5-6-21(25)24-7-4-12-30-16-18(24)15-23-8-10-29-11-9-23/h5-6,13-14,18H,4,7-12,15-16H2,1-3H3. The number of carbonyl (C=O) groups is 1. The maximum absolute atomic E-state index is 13.1. The third-order valence-electron chi connectivity index (χ3n) is 5.40. The fourth-order valence-corrected chi connectivity index (χ4v) is 4.87. The Kier molecular flexibility index (Phi) is 8.72. The van der Waals surface area contributed by atoms with Crippen LogP contribution in [0.25, 0.3) is 6.08 Å². The fourth-order valence-electron chi connectivity index (χ4n) is 3.81. The molecule has 0 radical (unpaired) electrons. The number of hydrogen-bond acceptors (Lipinski definition) is 7. The van der Waals surface area contributed by atoms with Gasteiger partial charge in [-0.05, 0) is 35.9 Å². The summed E-state index contributed by atoms with van der Waals surface area (Å²) in [5.41, 5.74) is 0.826. The van der Waals surface area contributed by atoms with Crippen LogP contribution in [-0.4, -0.2) is 94.0 Å². The number of hydrogen-bond donors (Lipinski definition) is 0. The third-order valence-corrected chi connectivity index (χ3v) is 6.60. The Hall–Kier alpha value is -1.90. The van der Waals surface area contributed by atoms with Gasteiger partial charge in [-0.2, -0.15) is 11.8 Å². The van der Waals surface area contributed by atoms with Crippen LogP contribution in [0.1, 0.15) is 12.0 Å². The SMILES string of the molecule is COc1cc(C=CC(=O)N2CCCSCC2CN2CCOCC2)cc(OC)c1OC. The van der Waals surface area contributed by atoms with Gasteiger partial charge in [0.2, 0.25) is 11.7 Å². The topological polar surface area (TPSA) is 60.5 Å². The van der Waals surface area contributed by atoms with Gasteiger partial charge in [0.05, 0.1) is 40.6 Å². The summed E-state index contributed by atoms with van der Waals surface area (Å²) >= 11 is 1.94. The van der Waals surface area contributed by atoms with Crippen LogP contribution in [0.3, 0.4) is 0 Å². The fraction of sp³-hybridized carbons (Fsp3) is 0.591. The molecule has 1 amide bonds.